The van der Waals surface area contributed by atoms with E-state index in [0.717, 1.165) is 11.3 Å². The van der Waals surface area contributed by atoms with Crippen molar-refractivity contribution in [2.75, 3.05) is 11.6 Å². The van der Waals surface area contributed by atoms with E-state index >= 15 is 0 Å². The highest BCUT2D eigenvalue weighted by molar-refractivity contribution is 7.98. The van der Waals surface area contributed by atoms with E-state index in [1.54, 1.807) is 17.8 Å². The Morgan fingerprint density at radius 2 is 1.58 bits per heavy atom. The van der Waals surface area contributed by atoms with E-state index in [2.05, 4.69) is 33.7 Å². The fourth-order valence-corrected chi connectivity index (χ4v) is 2.61. The van der Waals surface area contributed by atoms with Gasteiger partial charge in [-0.1, -0.05) is 55.8 Å². The number of halogens is 1. The van der Waals surface area contributed by atoms with Gasteiger partial charge in [-0.15, -0.1) is 11.8 Å². The first-order valence-electron chi connectivity index (χ1n) is 7.76. The van der Waals surface area contributed by atoms with Crippen LogP contribution in [0.15, 0.2) is 65.6 Å². The Morgan fingerprint density at radius 1 is 0.917 bits per heavy atom. The molecule has 24 heavy (non-hydrogen) atoms. The quantitative estimate of drug-likeness (QED) is 0.440. The normalized spacial score (nSPS) is 9.83. The molecule has 2 aromatic carbocycles. The predicted octanol–water partition coefficient (Wildman–Crippen LogP) is 6.29. The van der Waals surface area contributed by atoms with Gasteiger partial charge in [-0.2, -0.15) is 0 Å². The van der Waals surface area contributed by atoms with Crippen LogP contribution in [-0.2, 0) is 0 Å². The Morgan fingerprint density at radius 3 is 2.21 bits per heavy atom. The zero-order chi connectivity index (χ0) is 17.4. The van der Waals surface area contributed by atoms with Crippen LogP contribution in [0, 0.1) is 0 Å². The largest absolute Gasteiger partial charge is 0.340 e. The molecule has 0 unspecified atom stereocenters. The summed E-state index contributed by atoms with van der Waals surface area (Å²) >= 11 is 7.83. The lowest BCUT2D eigenvalue weighted by Crippen LogP contribution is -1.97. The molecule has 0 saturated carbocycles. The van der Waals surface area contributed by atoms with E-state index in [1.165, 1.54) is 4.90 Å². The van der Waals surface area contributed by atoms with E-state index in [4.69, 9.17) is 11.6 Å². The molecule has 0 bridgehead atoms. The van der Waals surface area contributed by atoms with Gasteiger partial charge in [0.1, 0.15) is 11.0 Å². The molecule has 1 N–H and O–H groups in total. The summed E-state index contributed by atoms with van der Waals surface area (Å²) in [6, 6.07) is 19.7. The van der Waals surface area contributed by atoms with Gasteiger partial charge >= 0.3 is 0 Å². The Hall–Kier alpha value is -2.04. The van der Waals surface area contributed by atoms with E-state index in [0.29, 0.717) is 16.8 Å². The van der Waals surface area contributed by atoms with E-state index in [9.17, 15) is 0 Å². The van der Waals surface area contributed by atoms with Crippen LogP contribution in [-0.4, -0.2) is 16.2 Å². The van der Waals surface area contributed by atoms with Crippen LogP contribution in [0.4, 0.5) is 11.5 Å². The highest BCUT2D eigenvalue weighted by atomic mass is 35.5. The lowest BCUT2D eigenvalue weighted by Gasteiger charge is -2.08. The summed E-state index contributed by atoms with van der Waals surface area (Å²) in [7, 11) is 0. The number of anilines is 2. The molecule has 1 heterocycles. The van der Waals surface area contributed by atoms with Crippen LogP contribution in [0.2, 0.25) is 5.15 Å². The second-order valence-corrected chi connectivity index (χ2v) is 5.89. The van der Waals surface area contributed by atoms with Gasteiger partial charge < -0.3 is 5.32 Å². The first kappa shape index (κ1) is 18.3. The number of aromatic nitrogens is 2. The summed E-state index contributed by atoms with van der Waals surface area (Å²) in [5.74, 6) is 1.28. The van der Waals surface area contributed by atoms with Crippen LogP contribution in [0.5, 0.6) is 0 Å². The number of nitrogens with zero attached hydrogens (tertiary/aromatic N) is 2. The van der Waals surface area contributed by atoms with Crippen molar-refractivity contribution in [1.82, 2.24) is 9.97 Å². The molecule has 0 saturated heterocycles. The Kier molecular flexibility index (Phi) is 7.09. The molecule has 0 aliphatic rings. The third-order valence-corrected chi connectivity index (χ3v) is 4.03. The fourth-order valence-electron chi connectivity index (χ4n) is 2.02. The van der Waals surface area contributed by atoms with Crippen LogP contribution in [0.3, 0.4) is 0 Å². The number of hydrogen-bond donors (Lipinski definition) is 1. The van der Waals surface area contributed by atoms with Crippen molar-refractivity contribution in [3.63, 3.8) is 0 Å². The predicted molar refractivity (Wildman–Crippen MR) is 105 cm³/mol. The molecular weight excluding hydrogens is 338 g/mol. The van der Waals surface area contributed by atoms with Gasteiger partial charge in [0.25, 0.3) is 0 Å². The SMILES string of the molecule is CC.CSc1ccc(Nc2cc(Cl)nc(-c3ccccc3)n2)cc1. The third-order valence-electron chi connectivity index (χ3n) is 3.09. The molecule has 1 aromatic heterocycles. The van der Waals surface area contributed by atoms with Gasteiger partial charge in [0.05, 0.1) is 0 Å². The molecule has 3 aromatic rings. The highest BCUT2D eigenvalue weighted by Gasteiger charge is 2.06. The minimum absolute atomic E-state index is 0.414. The van der Waals surface area contributed by atoms with E-state index < -0.39 is 0 Å². The molecule has 0 spiro atoms. The molecule has 0 fully saturated rings. The van der Waals surface area contributed by atoms with Crippen molar-refractivity contribution in [3.8, 4) is 11.4 Å². The Balaban J connectivity index is 0.00000100. The standard InChI is InChI=1S/C17H14ClN3S.C2H6/c1-22-14-9-7-13(8-10-14)19-16-11-15(18)20-17(21-16)12-5-3-2-4-6-12;1-2/h2-11H,1H3,(H,19,20,21);1-2H3. The minimum Gasteiger partial charge on any atom is -0.340 e. The Labute approximate surface area is 152 Å². The summed E-state index contributed by atoms with van der Waals surface area (Å²) in [6.45, 7) is 4.00. The highest BCUT2D eigenvalue weighted by Crippen LogP contribution is 2.24. The third kappa shape index (κ3) is 4.98. The van der Waals surface area contributed by atoms with E-state index in [-0.39, 0.29) is 0 Å². The maximum Gasteiger partial charge on any atom is 0.163 e. The summed E-state index contributed by atoms with van der Waals surface area (Å²) < 4.78 is 0. The average molecular weight is 358 g/mol. The number of rotatable bonds is 4. The van der Waals surface area contributed by atoms with Crippen LogP contribution >= 0.6 is 23.4 Å². The maximum atomic E-state index is 6.12. The van der Waals surface area contributed by atoms with Crippen molar-refractivity contribution in [2.45, 2.75) is 18.7 Å². The summed E-state index contributed by atoms with van der Waals surface area (Å²) in [5, 5.41) is 3.68. The lowest BCUT2D eigenvalue weighted by molar-refractivity contribution is 1.17. The number of hydrogen-bond acceptors (Lipinski definition) is 4. The lowest BCUT2D eigenvalue weighted by atomic mass is 10.2. The number of nitrogens with one attached hydrogen (secondary N) is 1. The second-order valence-electron chi connectivity index (χ2n) is 4.62. The molecule has 0 atom stereocenters. The monoisotopic (exact) mass is 357 g/mol. The zero-order valence-corrected chi connectivity index (χ0v) is 15.5. The smallest absolute Gasteiger partial charge is 0.163 e. The maximum absolute atomic E-state index is 6.12. The van der Waals surface area contributed by atoms with Gasteiger partial charge in [-0.05, 0) is 30.5 Å². The van der Waals surface area contributed by atoms with Crippen molar-refractivity contribution >= 4 is 34.9 Å². The molecule has 0 aliphatic carbocycles. The molecule has 0 radical (unpaired) electrons. The van der Waals surface area contributed by atoms with Crippen LogP contribution in [0.1, 0.15) is 13.8 Å². The average Bonchev–Trinajstić information content (AvgIpc) is 2.64. The van der Waals surface area contributed by atoms with Crippen molar-refractivity contribution in [1.29, 1.82) is 0 Å². The van der Waals surface area contributed by atoms with Crippen molar-refractivity contribution < 1.29 is 0 Å². The van der Waals surface area contributed by atoms with Gasteiger partial charge in [0, 0.05) is 22.2 Å². The number of benzene rings is 2. The van der Waals surface area contributed by atoms with E-state index in [1.807, 2.05) is 56.3 Å². The van der Waals surface area contributed by atoms with Gasteiger partial charge in [-0.3, -0.25) is 0 Å². The molecule has 3 rings (SSSR count). The molecule has 0 amide bonds. The van der Waals surface area contributed by atoms with Crippen LogP contribution in [0.25, 0.3) is 11.4 Å². The molecule has 3 nitrogen and oxygen atoms in total. The topological polar surface area (TPSA) is 37.8 Å². The molecule has 5 heteroatoms. The summed E-state index contributed by atoms with van der Waals surface area (Å²) in [5.41, 5.74) is 1.90. The van der Waals surface area contributed by atoms with Gasteiger partial charge in [-0.25, -0.2) is 9.97 Å². The Bertz CT molecular complexity index is 761. The summed E-state index contributed by atoms with van der Waals surface area (Å²) in [4.78, 5) is 10.0. The van der Waals surface area contributed by atoms with Gasteiger partial charge in [0.2, 0.25) is 0 Å². The first-order chi connectivity index (χ1) is 11.7. The minimum atomic E-state index is 0.414. The zero-order valence-electron chi connectivity index (χ0n) is 14.0. The van der Waals surface area contributed by atoms with Crippen molar-refractivity contribution in [2.24, 2.45) is 0 Å². The first-order valence-corrected chi connectivity index (χ1v) is 9.36. The van der Waals surface area contributed by atoms with Gasteiger partial charge in [0.15, 0.2) is 5.82 Å². The second kappa shape index (κ2) is 9.30. The number of thioether (sulfide) groups is 1. The van der Waals surface area contributed by atoms with Crippen LogP contribution < -0.4 is 5.32 Å². The van der Waals surface area contributed by atoms with Crippen molar-refractivity contribution in [3.05, 3.63) is 65.8 Å². The molecular formula is C19H20ClN3S. The fraction of sp³-hybridized carbons (Fsp3) is 0.158. The summed E-state index contributed by atoms with van der Waals surface area (Å²) in [6.07, 6.45) is 2.05. The molecule has 124 valence electrons. The molecule has 0 aliphatic heterocycles.